The number of benzene rings is 1. The summed E-state index contributed by atoms with van der Waals surface area (Å²) >= 11 is 0. The molecule has 4 fully saturated rings. The van der Waals surface area contributed by atoms with Crippen molar-refractivity contribution in [1.29, 1.82) is 0 Å². The van der Waals surface area contributed by atoms with Crippen molar-refractivity contribution in [3.8, 4) is 0 Å². The van der Waals surface area contributed by atoms with E-state index < -0.39 is 5.60 Å². The molecule has 2 N–H and O–H groups in total. The van der Waals surface area contributed by atoms with Crippen molar-refractivity contribution in [2.75, 3.05) is 0 Å². The number of aliphatic hydroxyl groups is 1. The molecular formula is C20H26FNO2. The van der Waals surface area contributed by atoms with Gasteiger partial charge in [0.05, 0.1) is 11.6 Å². The van der Waals surface area contributed by atoms with Gasteiger partial charge in [-0.15, -0.1) is 0 Å². The first-order valence-corrected chi connectivity index (χ1v) is 9.12. The Labute approximate surface area is 142 Å². The quantitative estimate of drug-likeness (QED) is 0.883. The molecule has 24 heavy (non-hydrogen) atoms. The van der Waals surface area contributed by atoms with Crippen LogP contribution in [0.5, 0.6) is 0 Å². The summed E-state index contributed by atoms with van der Waals surface area (Å²) in [6, 6.07) is 6.18. The van der Waals surface area contributed by atoms with Crippen molar-refractivity contribution < 1.29 is 14.3 Å². The van der Waals surface area contributed by atoms with E-state index in [1.54, 1.807) is 6.07 Å². The molecule has 4 saturated carbocycles. The molecule has 4 aliphatic carbocycles. The fraction of sp³-hybridized carbons (Fsp3) is 0.650. The Balaban J connectivity index is 1.43. The average molecular weight is 331 g/mol. The molecule has 3 nitrogen and oxygen atoms in total. The summed E-state index contributed by atoms with van der Waals surface area (Å²) in [6.07, 6.45) is 6.49. The van der Waals surface area contributed by atoms with Gasteiger partial charge < -0.3 is 10.4 Å². The van der Waals surface area contributed by atoms with E-state index in [0.29, 0.717) is 18.3 Å². The maximum absolute atomic E-state index is 13.4. The van der Waals surface area contributed by atoms with Gasteiger partial charge in [-0.2, -0.15) is 0 Å². The Hall–Kier alpha value is -1.42. The van der Waals surface area contributed by atoms with Crippen molar-refractivity contribution in [3.63, 3.8) is 0 Å². The Morgan fingerprint density at radius 1 is 1.33 bits per heavy atom. The molecule has 0 aliphatic heterocycles. The van der Waals surface area contributed by atoms with Gasteiger partial charge in [0.15, 0.2) is 0 Å². The van der Waals surface area contributed by atoms with Crippen LogP contribution in [0.3, 0.4) is 0 Å². The van der Waals surface area contributed by atoms with Crippen LogP contribution >= 0.6 is 0 Å². The van der Waals surface area contributed by atoms with Gasteiger partial charge in [-0.05, 0) is 80.4 Å². The maximum atomic E-state index is 13.4. The summed E-state index contributed by atoms with van der Waals surface area (Å²) in [5.41, 5.74) is 0.232. The standard InChI is InChI=1S/C20H26FNO2/c1-13(16-3-2-4-17(21)6-16)22-18(23)11-19-7-14-5-15(8-19)10-20(24,9-14)12-19/h2-4,6,13-15,24H,5,7-12H2,1H3,(H,22,23). The Bertz CT molecular complexity index is 645. The van der Waals surface area contributed by atoms with E-state index in [9.17, 15) is 14.3 Å². The smallest absolute Gasteiger partial charge is 0.221 e. The van der Waals surface area contributed by atoms with Gasteiger partial charge in [0, 0.05) is 6.42 Å². The minimum atomic E-state index is -0.529. The van der Waals surface area contributed by atoms with Crippen LogP contribution in [-0.2, 0) is 4.79 Å². The first kappa shape index (κ1) is 16.1. The first-order chi connectivity index (χ1) is 11.3. The molecule has 3 unspecified atom stereocenters. The highest BCUT2D eigenvalue weighted by Crippen LogP contribution is 2.62. The number of carbonyl (C=O) groups excluding carboxylic acids is 1. The number of nitrogens with one attached hydrogen (secondary N) is 1. The average Bonchev–Trinajstić information content (AvgIpc) is 2.43. The fourth-order valence-corrected chi connectivity index (χ4v) is 6.10. The third-order valence-corrected chi connectivity index (χ3v) is 6.41. The largest absolute Gasteiger partial charge is 0.390 e. The SMILES string of the molecule is CC(NC(=O)CC12CC3CC(CC(O)(C3)C1)C2)c1cccc(F)c1. The van der Waals surface area contributed by atoms with Crippen LogP contribution in [0.15, 0.2) is 24.3 Å². The summed E-state index contributed by atoms with van der Waals surface area (Å²) in [7, 11) is 0. The lowest BCUT2D eigenvalue weighted by Gasteiger charge is -2.60. The predicted molar refractivity (Wildman–Crippen MR) is 89.6 cm³/mol. The highest BCUT2D eigenvalue weighted by Gasteiger charge is 2.57. The third kappa shape index (κ3) is 2.97. The third-order valence-electron chi connectivity index (χ3n) is 6.41. The lowest BCUT2D eigenvalue weighted by atomic mass is 9.47. The lowest BCUT2D eigenvalue weighted by Crippen LogP contribution is -2.56. The molecule has 4 heteroatoms. The maximum Gasteiger partial charge on any atom is 0.221 e. The monoisotopic (exact) mass is 331 g/mol. The van der Waals surface area contributed by atoms with Crippen molar-refractivity contribution in [1.82, 2.24) is 5.32 Å². The Morgan fingerprint density at radius 3 is 2.67 bits per heavy atom. The molecule has 3 atom stereocenters. The second-order valence-electron chi connectivity index (χ2n) is 8.71. The van der Waals surface area contributed by atoms with Crippen molar-refractivity contribution in [2.45, 2.75) is 63.5 Å². The minimum absolute atomic E-state index is 0.0232. The number of carbonyl (C=O) groups is 1. The molecule has 0 aromatic heterocycles. The molecule has 1 amide bonds. The van der Waals surface area contributed by atoms with Crippen molar-refractivity contribution in [2.24, 2.45) is 17.3 Å². The summed E-state index contributed by atoms with van der Waals surface area (Å²) in [5.74, 6) is 0.920. The second-order valence-corrected chi connectivity index (χ2v) is 8.71. The molecule has 4 aliphatic rings. The van der Waals surface area contributed by atoms with Crippen LogP contribution in [0, 0.1) is 23.1 Å². The van der Waals surface area contributed by atoms with E-state index in [1.807, 2.05) is 13.0 Å². The second kappa shape index (κ2) is 5.55. The highest BCUT2D eigenvalue weighted by atomic mass is 19.1. The van der Waals surface area contributed by atoms with E-state index in [0.717, 1.165) is 37.7 Å². The first-order valence-electron chi connectivity index (χ1n) is 9.12. The molecule has 1 aromatic rings. The van der Waals surface area contributed by atoms with E-state index in [2.05, 4.69) is 5.32 Å². The highest BCUT2D eigenvalue weighted by molar-refractivity contribution is 5.77. The normalized spacial score (nSPS) is 38.1. The molecular weight excluding hydrogens is 305 g/mol. The van der Waals surface area contributed by atoms with Crippen LogP contribution in [0.4, 0.5) is 4.39 Å². The minimum Gasteiger partial charge on any atom is -0.390 e. The zero-order chi connectivity index (χ0) is 16.9. The fourth-order valence-electron chi connectivity index (χ4n) is 6.10. The van der Waals surface area contributed by atoms with Crippen LogP contribution < -0.4 is 5.32 Å². The summed E-state index contributed by atoms with van der Waals surface area (Å²) in [6.45, 7) is 1.89. The molecule has 0 saturated heterocycles. The van der Waals surface area contributed by atoms with Gasteiger partial charge >= 0.3 is 0 Å². The van der Waals surface area contributed by atoms with Crippen LogP contribution in [0.25, 0.3) is 0 Å². The van der Waals surface area contributed by atoms with Crippen molar-refractivity contribution >= 4 is 5.91 Å². The Morgan fingerprint density at radius 2 is 2.04 bits per heavy atom. The van der Waals surface area contributed by atoms with E-state index >= 15 is 0 Å². The number of halogens is 1. The van der Waals surface area contributed by atoms with Gasteiger partial charge in [0.25, 0.3) is 0 Å². The topological polar surface area (TPSA) is 49.3 Å². The zero-order valence-electron chi connectivity index (χ0n) is 14.2. The van der Waals surface area contributed by atoms with Gasteiger partial charge in [-0.3, -0.25) is 4.79 Å². The van der Waals surface area contributed by atoms with Crippen LogP contribution in [0.2, 0.25) is 0 Å². The molecule has 0 heterocycles. The number of hydrogen-bond acceptors (Lipinski definition) is 2. The predicted octanol–water partition coefficient (Wildman–Crippen LogP) is 3.72. The van der Waals surface area contributed by atoms with Gasteiger partial charge in [-0.1, -0.05) is 12.1 Å². The molecule has 4 bridgehead atoms. The van der Waals surface area contributed by atoms with Crippen LogP contribution in [0.1, 0.15) is 63.5 Å². The lowest BCUT2D eigenvalue weighted by molar-refractivity contribution is -0.169. The van der Waals surface area contributed by atoms with Gasteiger partial charge in [0.1, 0.15) is 5.82 Å². The summed E-state index contributed by atoms with van der Waals surface area (Å²) < 4.78 is 13.4. The molecule has 0 radical (unpaired) electrons. The number of rotatable bonds is 4. The van der Waals surface area contributed by atoms with Gasteiger partial charge in [-0.25, -0.2) is 4.39 Å². The van der Waals surface area contributed by atoms with Crippen molar-refractivity contribution in [3.05, 3.63) is 35.6 Å². The van der Waals surface area contributed by atoms with E-state index in [-0.39, 0.29) is 23.2 Å². The summed E-state index contributed by atoms with van der Waals surface area (Å²) in [5, 5.41) is 13.8. The molecule has 130 valence electrons. The van der Waals surface area contributed by atoms with E-state index in [1.165, 1.54) is 18.6 Å². The summed E-state index contributed by atoms with van der Waals surface area (Å²) in [4.78, 5) is 12.6. The van der Waals surface area contributed by atoms with Crippen LogP contribution in [-0.4, -0.2) is 16.6 Å². The van der Waals surface area contributed by atoms with Gasteiger partial charge in [0.2, 0.25) is 5.91 Å². The zero-order valence-corrected chi connectivity index (χ0v) is 14.2. The molecule has 5 rings (SSSR count). The number of amides is 1. The molecule has 0 spiro atoms. The van der Waals surface area contributed by atoms with E-state index in [4.69, 9.17) is 0 Å². The molecule has 1 aromatic carbocycles. The number of hydrogen-bond donors (Lipinski definition) is 2. The Kier molecular flexibility index (Phi) is 3.72.